The van der Waals surface area contributed by atoms with Gasteiger partial charge in [0.05, 0.1) is 11.3 Å². The lowest BCUT2D eigenvalue weighted by atomic mass is 10.0. The summed E-state index contributed by atoms with van der Waals surface area (Å²) < 4.78 is 16.3. The predicted molar refractivity (Wildman–Crippen MR) is 117 cm³/mol. The van der Waals surface area contributed by atoms with Gasteiger partial charge in [0.25, 0.3) is 0 Å². The van der Waals surface area contributed by atoms with Crippen LogP contribution in [0.1, 0.15) is 32.6 Å². The Labute approximate surface area is 180 Å². The number of nitrogens with zero attached hydrogens (tertiary/aromatic N) is 4. The number of halogens is 1. The highest BCUT2D eigenvalue weighted by Gasteiger charge is 2.26. The van der Waals surface area contributed by atoms with Crippen LogP contribution in [0, 0.1) is 5.82 Å². The van der Waals surface area contributed by atoms with Crippen molar-refractivity contribution < 1.29 is 9.18 Å². The van der Waals surface area contributed by atoms with E-state index < -0.39 is 0 Å². The first-order valence-electron chi connectivity index (χ1n) is 10.4. The van der Waals surface area contributed by atoms with E-state index in [1.807, 2.05) is 39.8 Å². The second-order valence-electron chi connectivity index (χ2n) is 7.39. The lowest BCUT2D eigenvalue weighted by molar-refractivity contribution is -0.132. The molecular weight excluding hydrogens is 399 g/mol. The van der Waals surface area contributed by atoms with Crippen LogP contribution in [-0.4, -0.2) is 43.9 Å². The number of rotatable bonds is 6. The third-order valence-electron chi connectivity index (χ3n) is 5.51. The van der Waals surface area contributed by atoms with E-state index in [1.165, 1.54) is 24.2 Å². The van der Waals surface area contributed by atoms with E-state index in [0.717, 1.165) is 31.5 Å². The van der Waals surface area contributed by atoms with Gasteiger partial charge in [-0.3, -0.25) is 9.36 Å². The van der Waals surface area contributed by atoms with Gasteiger partial charge >= 0.3 is 0 Å². The Bertz CT molecular complexity index is 1010. The molecule has 2 heterocycles. The molecule has 0 radical (unpaired) electrons. The molecular formula is C23H25FN4OS. The second-order valence-corrected chi connectivity index (χ2v) is 8.33. The first-order valence-corrected chi connectivity index (χ1v) is 11.4. The van der Waals surface area contributed by atoms with Crippen molar-refractivity contribution in [2.75, 3.05) is 12.3 Å². The van der Waals surface area contributed by atoms with Crippen LogP contribution in [0.15, 0.2) is 59.8 Å². The number of thioether (sulfide) groups is 1. The van der Waals surface area contributed by atoms with E-state index >= 15 is 0 Å². The SMILES string of the molecule is CCC1CCCCN1C(=O)CSc1nnc(-c2ccccc2F)n1-c1ccccc1. The van der Waals surface area contributed by atoms with Crippen molar-refractivity contribution in [3.63, 3.8) is 0 Å². The maximum Gasteiger partial charge on any atom is 0.233 e. The third kappa shape index (κ3) is 4.26. The minimum atomic E-state index is -0.353. The molecule has 156 valence electrons. The summed E-state index contributed by atoms with van der Waals surface area (Å²) in [7, 11) is 0. The van der Waals surface area contributed by atoms with Gasteiger partial charge < -0.3 is 4.90 Å². The number of hydrogen-bond acceptors (Lipinski definition) is 4. The Hall–Kier alpha value is -2.67. The van der Waals surface area contributed by atoms with Gasteiger partial charge in [0.2, 0.25) is 5.91 Å². The minimum absolute atomic E-state index is 0.126. The number of amides is 1. The van der Waals surface area contributed by atoms with Gasteiger partial charge in [0, 0.05) is 18.3 Å². The number of hydrogen-bond donors (Lipinski definition) is 0. The van der Waals surface area contributed by atoms with Gasteiger partial charge in [-0.1, -0.05) is 49.0 Å². The Morgan fingerprint density at radius 2 is 1.87 bits per heavy atom. The van der Waals surface area contributed by atoms with Crippen LogP contribution in [0.5, 0.6) is 0 Å². The Balaban J connectivity index is 1.62. The molecule has 1 unspecified atom stereocenters. The molecule has 1 atom stereocenters. The first-order chi connectivity index (χ1) is 14.7. The molecule has 2 aromatic carbocycles. The summed E-state index contributed by atoms with van der Waals surface area (Å²) in [5.41, 5.74) is 1.22. The number of likely N-dealkylation sites (tertiary alicyclic amines) is 1. The van der Waals surface area contributed by atoms with Gasteiger partial charge in [-0.2, -0.15) is 0 Å². The second kappa shape index (κ2) is 9.43. The zero-order valence-corrected chi connectivity index (χ0v) is 17.8. The molecule has 1 amide bonds. The van der Waals surface area contributed by atoms with Crippen LogP contribution in [0.25, 0.3) is 17.1 Å². The molecule has 0 saturated carbocycles. The zero-order valence-electron chi connectivity index (χ0n) is 17.0. The molecule has 0 N–H and O–H groups in total. The number of carbonyl (C=O) groups excluding carboxylic acids is 1. The van der Waals surface area contributed by atoms with Gasteiger partial charge in [-0.05, 0) is 49.9 Å². The average molecular weight is 425 g/mol. The molecule has 5 nitrogen and oxygen atoms in total. The Morgan fingerprint density at radius 3 is 2.63 bits per heavy atom. The lowest BCUT2D eigenvalue weighted by Gasteiger charge is -2.35. The van der Waals surface area contributed by atoms with Gasteiger partial charge in [0.1, 0.15) is 5.82 Å². The zero-order chi connectivity index (χ0) is 20.9. The molecule has 1 aliphatic heterocycles. The number of benzene rings is 2. The quantitative estimate of drug-likeness (QED) is 0.525. The van der Waals surface area contributed by atoms with E-state index in [-0.39, 0.29) is 11.7 Å². The maximum absolute atomic E-state index is 14.5. The first kappa shape index (κ1) is 20.6. The Kier molecular flexibility index (Phi) is 6.47. The molecule has 1 aliphatic rings. The van der Waals surface area contributed by atoms with Crippen LogP contribution in [0.2, 0.25) is 0 Å². The number of carbonyl (C=O) groups is 1. The third-order valence-corrected chi connectivity index (χ3v) is 6.42. The predicted octanol–water partition coefficient (Wildman–Crippen LogP) is 4.96. The van der Waals surface area contributed by atoms with E-state index in [2.05, 4.69) is 17.1 Å². The number of aromatic nitrogens is 3. The van der Waals surface area contributed by atoms with Crippen molar-refractivity contribution in [1.29, 1.82) is 0 Å². The molecule has 4 rings (SSSR count). The van der Waals surface area contributed by atoms with Crippen LogP contribution >= 0.6 is 11.8 Å². The maximum atomic E-state index is 14.5. The fourth-order valence-electron chi connectivity index (χ4n) is 3.95. The van der Waals surface area contributed by atoms with Crippen molar-refractivity contribution in [2.24, 2.45) is 0 Å². The number of piperidine rings is 1. The smallest absolute Gasteiger partial charge is 0.233 e. The largest absolute Gasteiger partial charge is 0.339 e. The van der Waals surface area contributed by atoms with Crippen LogP contribution in [-0.2, 0) is 4.79 Å². The molecule has 1 aromatic heterocycles. The highest BCUT2D eigenvalue weighted by Crippen LogP contribution is 2.30. The normalized spacial score (nSPS) is 16.6. The summed E-state index contributed by atoms with van der Waals surface area (Å²) in [4.78, 5) is 14.9. The molecule has 1 saturated heterocycles. The van der Waals surface area contributed by atoms with E-state index in [9.17, 15) is 9.18 Å². The van der Waals surface area contributed by atoms with E-state index in [1.54, 1.807) is 18.2 Å². The van der Waals surface area contributed by atoms with Gasteiger partial charge in [0.15, 0.2) is 11.0 Å². The fraction of sp³-hybridized carbons (Fsp3) is 0.348. The number of para-hydroxylation sites is 1. The summed E-state index contributed by atoms with van der Waals surface area (Å²) in [6.45, 7) is 2.96. The highest BCUT2D eigenvalue weighted by molar-refractivity contribution is 7.99. The Morgan fingerprint density at radius 1 is 1.10 bits per heavy atom. The summed E-state index contributed by atoms with van der Waals surface area (Å²) in [6.07, 6.45) is 4.30. The van der Waals surface area contributed by atoms with Crippen molar-refractivity contribution in [1.82, 2.24) is 19.7 Å². The van der Waals surface area contributed by atoms with E-state index in [4.69, 9.17) is 0 Å². The van der Waals surface area contributed by atoms with E-state index in [0.29, 0.717) is 28.3 Å². The standard InChI is InChI=1S/C23H25FN4OS/c1-2-17-10-8-9-15-27(17)21(29)16-30-23-26-25-22(19-13-6-7-14-20(19)24)28(23)18-11-4-3-5-12-18/h3-7,11-14,17H,2,8-10,15-16H2,1H3. The lowest BCUT2D eigenvalue weighted by Crippen LogP contribution is -2.44. The van der Waals surface area contributed by atoms with Gasteiger partial charge in [-0.15, -0.1) is 10.2 Å². The minimum Gasteiger partial charge on any atom is -0.339 e. The summed E-state index contributed by atoms with van der Waals surface area (Å²) in [6, 6.07) is 16.5. The molecule has 0 bridgehead atoms. The van der Waals surface area contributed by atoms with Crippen molar-refractivity contribution in [2.45, 2.75) is 43.8 Å². The molecule has 0 aliphatic carbocycles. The highest BCUT2D eigenvalue weighted by atomic mass is 32.2. The fourth-order valence-corrected chi connectivity index (χ4v) is 4.79. The van der Waals surface area contributed by atoms with Crippen LogP contribution in [0.4, 0.5) is 4.39 Å². The summed E-state index contributed by atoms with van der Waals surface area (Å²) in [5.74, 6) is 0.493. The molecule has 7 heteroatoms. The monoisotopic (exact) mass is 424 g/mol. The topological polar surface area (TPSA) is 51.0 Å². The molecule has 1 fully saturated rings. The molecule has 3 aromatic rings. The van der Waals surface area contributed by atoms with Crippen molar-refractivity contribution >= 4 is 17.7 Å². The summed E-state index contributed by atoms with van der Waals surface area (Å²) in [5, 5.41) is 9.16. The van der Waals surface area contributed by atoms with Crippen molar-refractivity contribution in [3.8, 4) is 17.1 Å². The molecule has 0 spiro atoms. The van der Waals surface area contributed by atoms with Crippen LogP contribution < -0.4 is 0 Å². The average Bonchev–Trinajstić information content (AvgIpc) is 3.22. The van der Waals surface area contributed by atoms with Gasteiger partial charge in [-0.25, -0.2) is 4.39 Å². The van der Waals surface area contributed by atoms with Crippen molar-refractivity contribution in [3.05, 3.63) is 60.4 Å². The molecule has 30 heavy (non-hydrogen) atoms. The summed E-state index contributed by atoms with van der Waals surface area (Å²) >= 11 is 1.35. The van der Waals surface area contributed by atoms with Crippen LogP contribution in [0.3, 0.4) is 0 Å².